The average Bonchev–Trinajstić information content (AvgIpc) is 3.00. The Hall–Kier alpha value is -3.03. The molecule has 2 aromatic heterocycles. The molecule has 0 aliphatic rings. The zero-order chi connectivity index (χ0) is 14.5. The molecule has 0 unspecified atom stereocenters. The smallest absolute Gasteiger partial charge is 0.251 e. The summed E-state index contributed by atoms with van der Waals surface area (Å²) in [6.45, 7) is 1.04. The van der Waals surface area contributed by atoms with Gasteiger partial charge in [-0.05, 0) is 34.7 Å². The van der Waals surface area contributed by atoms with E-state index in [0.717, 1.165) is 0 Å². The summed E-state index contributed by atoms with van der Waals surface area (Å²) in [5, 5.41) is 21.1. The molecule has 0 aliphatic heterocycles. The minimum atomic E-state index is -0.0960. The van der Waals surface area contributed by atoms with E-state index in [1.54, 1.807) is 24.3 Å². The van der Waals surface area contributed by atoms with E-state index in [-0.39, 0.29) is 5.91 Å². The predicted molar refractivity (Wildman–Crippen MR) is 75.8 cm³/mol. The molecule has 0 aliphatic carbocycles. The number of tetrazole rings is 1. The molecule has 106 valence electrons. The Bertz CT molecular complexity index is 740. The molecule has 3 aromatic rings. The van der Waals surface area contributed by atoms with Crippen molar-refractivity contribution >= 4 is 17.4 Å². The number of benzene rings is 1. The molecule has 0 saturated carbocycles. The molecule has 0 atom stereocenters. The van der Waals surface area contributed by atoms with Crippen LogP contribution in [-0.4, -0.2) is 44.3 Å². The molecule has 1 amide bonds. The molecule has 0 radical (unpaired) electrons. The lowest BCUT2D eigenvalue weighted by molar-refractivity contribution is 0.0955. The lowest BCUT2D eigenvalue weighted by Gasteiger charge is -2.07. The Kier molecular flexibility index (Phi) is 3.68. The van der Waals surface area contributed by atoms with Gasteiger partial charge < -0.3 is 10.6 Å². The van der Waals surface area contributed by atoms with E-state index in [0.29, 0.717) is 30.1 Å². The zero-order valence-corrected chi connectivity index (χ0v) is 11.1. The van der Waals surface area contributed by atoms with Gasteiger partial charge in [0, 0.05) is 18.7 Å². The molecule has 3 rings (SSSR count). The Morgan fingerprint density at radius 1 is 1.10 bits per heavy atom. The van der Waals surface area contributed by atoms with Gasteiger partial charge in [-0.1, -0.05) is 18.2 Å². The Morgan fingerprint density at radius 2 is 1.95 bits per heavy atom. The van der Waals surface area contributed by atoms with Crippen LogP contribution in [0.15, 0.2) is 42.5 Å². The van der Waals surface area contributed by atoms with Crippen LogP contribution in [-0.2, 0) is 0 Å². The van der Waals surface area contributed by atoms with Crippen LogP contribution in [0.5, 0.6) is 0 Å². The van der Waals surface area contributed by atoms with E-state index in [4.69, 9.17) is 0 Å². The highest BCUT2D eigenvalue weighted by Crippen LogP contribution is 2.02. The highest BCUT2D eigenvalue weighted by Gasteiger charge is 2.03. The molecule has 0 fully saturated rings. The van der Waals surface area contributed by atoms with Crippen LogP contribution in [0.2, 0.25) is 0 Å². The molecule has 8 heteroatoms. The van der Waals surface area contributed by atoms with Crippen LogP contribution in [0.4, 0.5) is 5.82 Å². The van der Waals surface area contributed by atoms with Crippen LogP contribution in [0.25, 0.3) is 5.65 Å². The number of aromatic nitrogens is 5. The fourth-order valence-corrected chi connectivity index (χ4v) is 1.80. The van der Waals surface area contributed by atoms with Crippen LogP contribution < -0.4 is 10.6 Å². The van der Waals surface area contributed by atoms with Crippen molar-refractivity contribution in [2.24, 2.45) is 0 Å². The summed E-state index contributed by atoms with van der Waals surface area (Å²) in [6.07, 6.45) is 0. The first kappa shape index (κ1) is 13.0. The van der Waals surface area contributed by atoms with Gasteiger partial charge in [0.2, 0.25) is 0 Å². The fourth-order valence-electron chi connectivity index (χ4n) is 1.80. The van der Waals surface area contributed by atoms with E-state index in [1.807, 2.05) is 18.2 Å². The number of amides is 1. The van der Waals surface area contributed by atoms with E-state index in [2.05, 4.69) is 31.3 Å². The molecule has 21 heavy (non-hydrogen) atoms. The van der Waals surface area contributed by atoms with Gasteiger partial charge in [0.05, 0.1) is 0 Å². The third kappa shape index (κ3) is 3.11. The van der Waals surface area contributed by atoms with Crippen molar-refractivity contribution in [1.82, 2.24) is 30.6 Å². The van der Waals surface area contributed by atoms with Crippen molar-refractivity contribution in [2.75, 3.05) is 18.4 Å². The third-order valence-electron chi connectivity index (χ3n) is 2.82. The summed E-state index contributed by atoms with van der Waals surface area (Å²) in [5.41, 5.74) is 1.23. The second kappa shape index (κ2) is 5.95. The van der Waals surface area contributed by atoms with Crippen LogP contribution in [0, 0.1) is 0 Å². The van der Waals surface area contributed by atoms with Crippen molar-refractivity contribution in [3.63, 3.8) is 0 Å². The van der Waals surface area contributed by atoms with Gasteiger partial charge in [0.1, 0.15) is 5.82 Å². The van der Waals surface area contributed by atoms with E-state index >= 15 is 0 Å². The first-order chi connectivity index (χ1) is 10.3. The normalized spacial score (nSPS) is 10.5. The number of fused-ring (bicyclic) bond motifs is 1. The molecule has 2 heterocycles. The summed E-state index contributed by atoms with van der Waals surface area (Å²) < 4.78 is 1.34. The van der Waals surface area contributed by atoms with E-state index < -0.39 is 0 Å². The van der Waals surface area contributed by atoms with E-state index in [9.17, 15) is 4.79 Å². The van der Waals surface area contributed by atoms with Gasteiger partial charge in [-0.25, -0.2) is 0 Å². The highest BCUT2D eigenvalue weighted by atomic mass is 16.1. The maximum atomic E-state index is 11.8. The standard InChI is InChI=1S/C13H13N7O/c21-13(10-4-2-1-3-5-10)15-9-8-14-11-6-7-12-16-18-19-20(12)17-11/h1-7H,8-9H2,(H,14,17)(H,15,21). The molecule has 0 bridgehead atoms. The molecular formula is C13H13N7O. The number of anilines is 1. The van der Waals surface area contributed by atoms with Crippen LogP contribution >= 0.6 is 0 Å². The summed E-state index contributed by atoms with van der Waals surface area (Å²) in [4.78, 5) is 11.8. The lowest BCUT2D eigenvalue weighted by atomic mass is 10.2. The van der Waals surface area contributed by atoms with Crippen molar-refractivity contribution in [3.05, 3.63) is 48.0 Å². The first-order valence-electron chi connectivity index (χ1n) is 6.45. The van der Waals surface area contributed by atoms with Crippen molar-refractivity contribution in [2.45, 2.75) is 0 Å². The summed E-state index contributed by atoms with van der Waals surface area (Å²) in [6, 6.07) is 12.6. The summed E-state index contributed by atoms with van der Waals surface area (Å²) in [7, 11) is 0. The van der Waals surface area contributed by atoms with Gasteiger partial charge in [0.25, 0.3) is 5.91 Å². The summed E-state index contributed by atoms with van der Waals surface area (Å²) in [5.74, 6) is 0.546. The van der Waals surface area contributed by atoms with Gasteiger partial charge in [-0.2, -0.15) is 0 Å². The van der Waals surface area contributed by atoms with Crippen molar-refractivity contribution < 1.29 is 4.79 Å². The maximum absolute atomic E-state index is 11.8. The number of nitrogens with zero attached hydrogens (tertiary/aromatic N) is 5. The SMILES string of the molecule is O=C(NCCNc1ccc2nnnn2n1)c1ccccc1. The topological polar surface area (TPSA) is 97.1 Å². The third-order valence-corrected chi connectivity index (χ3v) is 2.82. The lowest BCUT2D eigenvalue weighted by Crippen LogP contribution is -2.28. The van der Waals surface area contributed by atoms with Crippen molar-refractivity contribution in [1.29, 1.82) is 0 Å². The second-order valence-corrected chi connectivity index (χ2v) is 4.29. The van der Waals surface area contributed by atoms with Gasteiger partial charge >= 0.3 is 0 Å². The first-order valence-corrected chi connectivity index (χ1v) is 6.45. The minimum Gasteiger partial charge on any atom is -0.367 e. The van der Waals surface area contributed by atoms with Gasteiger partial charge in [0.15, 0.2) is 5.65 Å². The molecule has 2 N–H and O–H groups in total. The van der Waals surface area contributed by atoms with Crippen LogP contribution in [0.1, 0.15) is 10.4 Å². The second-order valence-electron chi connectivity index (χ2n) is 4.29. The Balaban J connectivity index is 1.49. The largest absolute Gasteiger partial charge is 0.367 e. The molecule has 1 aromatic carbocycles. The quantitative estimate of drug-likeness (QED) is 0.656. The molecule has 0 spiro atoms. The molecular weight excluding hydrogens is 270 g/mol. The predicted octanol–water partition coefficient (Wildman–Crippen LogP) is 0.361. The zero-order valence-electron chi connectivity index (χ0n) is 11.1. The highest BCUT2D eigenvalue weighted by molar-refractivity contribution is 5.94. The van der Waals surface area contributed by atoms with Gasteiger partial charge in [-0.3, -0.25) is 4.79 Å². The minimum absolute atomic E-state index is 0.0960. The van der Waals surface area contributed by atoms with Crippen LogP contribution in [0.3, 0.4) is 0 Å². The number of carbonyl (C=O) groups is 1. The molecule has 8 nitrogen and oxygen atoms in total. The Labute approximate surface area is 120 Å². The number of carbonyl (C=O) groups excluding carboxylic acids is 1. The van der Waals surface area contributed by atoms with Crippen molar-refractivity contribution in [3.8, 4) is 0 Å². The fraction of sp³-hybridized carbons (Fsp3) is 0.154. The Morgan fingerprint density at radius 3 is 2.81 bits per heavy atom. The number of hydrogen-bond donors (Lipinski definition) is 2. The number of nitrogens with one attached hydrogen (secondary N) is 2. The number of hydrogen-bond acceptors (Lipinski definition) is 6. The summed E-state index contributed by atoms with van der Waals surface area (Å²) >= 11 is 0. The monoisotopic (exact) mass is 283 g/mol. The maximum Gasteiger partial charge on any atom is 0.251 e. The average molecular weight is 283 g/mol. The van der Waals surface area contributed by atoms with E-state index in [1.165, 1.54) is 4.63 Å². The molecule has 0 saturated heterocycles. The van der Waals surface area contributed by atoms with Gasteiger partial charge in [-0.15, -0.1) is 14.8 Å². The number of rotatable bonds is 5.